The molecule has 2 N–H and O–H groups in total. The number of hydrogen-bond acceptors (Lipinski definition) is 5. The molecule has 0 aliphatic rings. The Hall–Kier alpha value is -3.39. The minimum absolute atomic E-state index is 0.197. The number of sulfonamides is 1. The van der Waals surface area contributed by atoms with E-state index in [1.54, 1.807) is 54.6 Å². The first-order chi connectivity index (χ1) is 14.3. The highest BCUT2D eigenvalue weighted by atomic mass is 32.2. The molecule has 0 atom stereocenters. The number of benzene rings is 2. The molecule has 1 amide bonds. The lowest BCUT2D eigenvalue weighted by molar-refractivity contribution is 0.0955. The third kappa shape index (κ3) is 5.15. The summed E-state index contributed by atoms with van der Waals surface area (Å²) in [4.78, 5) is 16.1. The Kier molecular flexibility index (Phi) is 6.37. The van der Waals surface area contributed by atoms with Crippen LogP contribution in [0.25, 0.3) is 0 Å². The molecule has 156 valence electrons. The van der Waals surface area contributed by atoms with Crippen LogP contribution in [0.4, 0.5) is 5.69 Å². The van der Waals surface area contributed by atoms with E-state index in [1.807, 2.05) is 20.8 Å². The number of hydrogen-bond donors (Lipinski definition) is 2. The van der Waals surface area contributed by atoms with Crippen LogP contribution in [0.1, 0.15) is 28.4 Å². The Morgan fingerprint density at radius 1 is 1.00 bits per heavy atom. The van der Waals surface area contributed by atoms with Gasteiger partial charge >= 0.3 is 0 Å². The first-order valence-corrected chi connectivity index (χ1v) is 10.9. The monoisotopic (exact) mass is 425 g/mol. The Balaban J connectivity index is 1.67. The van der Waals surface area contributed by atoms with E-state index in [1.165, 1.54) is 6.20 Å². The van der Waals surface area contributed by atoms with Crippen molar-refractivity contribution in [3.05, 3.63) is 77.5 Å². The average molecular weight is 426 g/mol. The lowest BCUT2D eigenvalue weighted by Crippen LogP contribution is -2.22. The molecule has 3 rings (SSSR count). The molecule has 1 aromatic heterocycles. The van der Waals surface area contributed by atoms with E-state index in [9.17, 15) is 13.2 Å². The molecule has 0 aliphatic carbocycles. The first kappa shape index (κ1) is 21.3. The summed E-state index contributed by atoms with van der Waals surface area (Å²) in [6.07, 6.45) is 1.44. The lowest BCUT2D eigenvalue weighted by Gasteiger charge is -2.11. The smallest absolute Gasteiger partial charge is 0.261 e. The topological polar surface area (TPSA) is 97.4 Å². The number of pyridine rings is 1. The average Bonchev–Trinajstić information content (AvgIpc) is 2.72. The van der Waals surface area contributed by atoms with E-state index < -0.39 is 10.0 Å². The van der Waals surface area contributed by atoms with Crippen LogP contribution in [-0.2, 0) is 10.0 Å². The molecule has 1 heterocycles. The van der Waals surface area contributed by atoms with Crippen molar-refractivity contribution in [2.24, 2.45) is 0 Å². The van der Waals surface area contributed by atoms with E-state index in [2.05, 4.69) is 15.0 Å². The van der Waals surface area contributed by atoms with Crippen LogP contribution in [0, 0.1) is 13.8 Å². The van der Waals surface area contributed by atoms with Crippen molar-refractivity contribution in [1.29, 1.82) is 0 Å². The maximum atomic E-state index is 12.6. The zero-order chi connectivity index (χ0) is 21.7. The van der Waals surface area contributed by atoms with Crippen LogP contribution < -0.4 is 14.8 Å². The minimum atomic E-state index is -3.68. The molecule has 3 aromatic rings. The second-order valence-electron chi connectivity index (χ2n) is 6.72. The number of amides is 1. The van der Waals surface area contributed by atoms with Crippen molar-refractivity contribution in [2.45, 2.75) is 25.7 Å². The van der Waals surface area contributed by atoms with Gasteiger partial charge < -0.3 is 10.1 Å². The molecule has 0 spiro atoms. The number of aryl methyl sites for hydroxylation is 2. The van der Waals surface area contributed by atoms with E-state index in [0.29, 0.717) is 29.4 Å². The number of aromatic nitrogens is 1. The fourth-order valence-electron chi connectivity index (χ4n) is 2.64. The van der Waals surface area contributed by atoms with Crippen molar-refractivity contribution in [1.82, 2.24) is 10.3 Å². The van der Waals surface area contributed by atoms with Crippen LogP contribution in [0.2, 0.25) is 0 Å². The maximum Gasteiger partial charge on any atom is 0.261 e. The Morgan fingerprint density at radius 3 is 2.33 bits per heavy atom. The van der Waals surface area contributed by atoms with Gasteiger partial charge in [0.2, 0.25) is 5.88 Å². The quantitative estimate of drug-likeness (QED) is 0.595. The van der Waals surface area contributed by atoms with Gasteiger partial charge in [-0.3, -0.25) is 9.52 Å². The normalized spacial score (nSPS) is 11.0. The number of carbonyl (C=O) groups is 1. The van der Waals surface area contributed by atoms with Gasteiger partial charge in [-0.1, -0.05) is 6.07 Å². The summed E-state index contributed by atoms with van der Waals surface area (Å²) in [6.45, 7) is 6.18. The third-order valence-electron chi connectivity index (χ3n) is 4.45. The van der Waals surface area contributed by atoms with Crippen LogP contribution in [0.5, 0.6) is 11.6 Å². The molecule has 0 saturated carbocycles. The van der Waals surface area contributed by atoms with Gasteiger partial charge in [0.1, 0.15) is 5.75 Å². The summed E-state index contributed by atoms with van der Waals surface area (Å²) < 4.78 is 33.4. The van der Waals surface area contributed by atoms with Gasteiger partial charge in [-0.2, -0.15) is 0 Å². The van der Waals surface area contributed by atoms with E-state index in [0.717, 1.165) is 11.1 Å². The molecule has 0 bridgehead atoms. The zero-order valence-electron chi connectivity index (χ0n) is 17.0. The van der Waals surface area contributed by atoms with Crippen LogP contribution in [0.15, 0.2) is 65.7 Å². The molecule has 0 aliphatic heterocycles. The Labute approximate surface area is 176 Å². The first-order valence-electron chi connectivity index (χ1n) is 9.41. The summed E-state index contributed by atoms with van der Waals surface area (Å²) in [7, 11) is -3.68. The van der Waals surface area contributed by atoms with Gasteiger partial charge in [0.25, 0.3) is 15.9 Å². The van der Waals surface area contributed by atoms with E-state index in [4.69, 9.17) is 4.74 Å². The van der Waals surface area contributed by atoms with Crippen molar-refractivity contribution in [2.75, 3.05) is 11.3 Å². The number of ether oxygens (including phenoxy) is 1. The van der Waals surface area contributed by atoms with Crippen molar-refractivity contribution < 1.29 is 17.9 Å². The molecular formula is C22H23N3O4S. The lowest BCUT2D eigenvalue weighted by atomic mass is 10.1. The highest BCUT2D eigenvalue weighted by Gasteiger charge is 2.15. The van der Waals surface area contributed by atoms with Gasteiger partial charge in [-0.25, -0.2) is 13.4 Å². The van der Waals surface area contributed by atoms with Gasteiger partial charge in [0.05, 0.1) is 10.5 Å². The number of carbonyl (C=O) groups excluding carboxylic acids is 1. The van der Waals surface area contributed by atoms with Gasteiger partial charge in [0.15, 0.2) is 0 Å². The minimum Gasteiger partial charge on any atom is -0.439 e. The fourth-order valence-corrected chi connectivity index (χ4v) is 3.79. The van der Waals surface area contributed by atoms with Gasteiger partial charge in [0, 0.05) is 24.5 Å². The number of nitrogens with one attached hydrogen (secondary N) is 2. The molecule has 30 heavy (non-hydrogen) atoms. The van der Waals surface area contributed by atoms with Crippen molar-refractivity contribution in [3.63, 3.8) is 0 Å². The number of rotatable bonds is 7. The fraction of sp³-hybridized carbons (Fsp3) is 0.182. The molecule has 0 unspecified atom stereocenters. The van der Waals surface area contributed by atoms with Crippen LogP contribution >= 0.6 is 0 Å². The second-order valence-corrected chi connectivity index (χ2v) is 8.40. The largest absolute Gasteiger partial charge is 0.439 e. The second kappa shape index (κ2) is 8.96. The standard InChI is InChI=1S/C22H23N3O4S/c1-4-23-22(26)17-6-12-21(24-14-17)29-19-9-7-18(8-10-19)25-30(27,28)20-11-5-15(2)16(3)13-20/h5-14,25H,4H2,1-3H3,(H,23,26). The predicted molar refractivity (Wildman–Crippen MR) is 115 cm³/mol. The number of anilines is 1. The summed E-state index contributed by atoms with van der Waals surface area (Å²) in [5.41, 5.74) is 2.80. The van der Waals surface area contributed by atoms with Crippen molar-refractivity contribution >= 4 is 21.6 Å². The predicted octanol–water partition coefficient (Wildman–Crippen LogP) is 4.04. The molecule has 0 radical (unpaired) electrons. The van der Waals surface area contributed by atoms with E-state index in [-0.39, 0.29) is 10.8 Å². The van der Waals surface area contributed by atoms with Gasteiger partial charge in [-0.15, -0.1) is 0 Å². The van der Waals surface area contributed by atoms with Crippen LogP contribution in [0.3, 0.4) is 0 Å². The summed E-state index contributed by atoms with van der Waals surface area (Å²) in [6, 6.07) is 14.7. The zero-order valence-corrected chi connectivity index (χ0v) is 17.8. The van der Waals surface area contributed by atoms with Crippen molar-refractivity contribution in [3.8, 4) is 11.6 Å². The Morgan fingerprint density at radius 2 is 1.73 bits per heavy atom. The summed E-state index contributed by atoms with van der Waals surface area (Å²) in [5, 5.41) is 2.70. The highest BCUT2D eigenvalue weighted by molar-refractivity contribution is 7.92. The number of nitrogens with zero attached hydrogens (tertiary/aromatic N) is 1. The molecular weight excluding hydrogens is 402 g/mol. The molecule has 2 aromatic carbocycles. The maximum absolute atomic E-state index is 12.6. The highest BCUT2D eigenvalue weighted by Crippen LogP contribution is 2.24. The Bertz CT molecular complexity index is 1140. The third-order valence-corrected chi connectivity index (χ3v) is 5.83. The van der Waals surface area contributed by atoms with E-state index >= 15 is 0 Å². The molecule has 7 nitrogen and oxygen atoms in total. The summed E-state index contributed by atoms with van der Waals surface area (Å²) in [5.74, 6) is 0.617. The summed E-state index contributed by atoms with van der Waals surface area (Å²) >= 11 is 0. The molecule has 8 heteroatoms. The SMILES string of the molecule is CCNC(=O)c1ccc(Oc2ccc(NS(=O)(=O)c3ccc(C)c(C)c3)cc2)nc1. The molecule has 0 saturated heterocycles. The van der Waals surface area contributed by atoms with Gasteiger partial charge in [-0.05, 0) is 74.4 Å². The van der Waals surface area contributed by atoms with Crippen LogP contribution in [-0.4, -0.2) is 25.9 Å². The molecule has 0 fully saturated rings.